The molecule has 1 aliphatic rings. The highest BCUT2D eigenvalue weighted by Gasteiger charge is 2.42. The van der Waals surface area contributed by atoms with Crippen LogP contribution in [0.15, 0.2) is 29.3 Å². The molecule has 0 aromatic heterocycles. The minimum Gasteiger partial charge on any atom is -0.377 e. The second-order valence-corrected chi connectivity index (χ2v) is 7.69. The molecule has 1 aromatic carbocycles. The lowest BCUT2D eigenvalue weighted by Crippen LogP contribution is -2.49. The Morgan fingerprint density at radius 2 is 1.75 bits per heavy atom. The number of hydrogen-bond acceptors (Lipinski definition) is 3. The number of aliphatic imine (C=N–C) groups is 1. The maximum Gasteiger partial charge on any atom is 0.230 e. The van der Waals surface area contributed by atoms with Gasteiger partial charge >= 0.3 is 0 Å². The highest BCUT2D eigenvalue weighted by atomic mass is 16.5. The summed E-state index contributed by atoms with van der Waals surface area (Å²) in [5.41, 5.74) is 2.02. The van der Waals surface area contributed by atoms with E-state index >= 15 is 0 Å². The van der Waals surface area contributed by atoms with Crippen molar-refractivity contribution in [2.45, 2.75) is 52.7 Å². The molecule has 1 aliphatic carbocycles. The predicted octanol–water partition coefficient (Wildman–Crippen LogP) is 2.93. The number of carbonyl (C=O) groups excluding carboxylic acids is 1. The Morgan fingerprint density at radius 1 is 1.11 bits per heavy atom. The van der Waals surface area contributed by atoms with Gasteiger partial charge in [0.1, 0.15) is 0 Å². The van der Waals surface area contributed by atoms with Crippen molar-refractivity contribution in [3.8, 4) is 0 Å². The van der Waals surface area contributed by atoms with Gasteiger partial charge in [-0.2, -0.15) is 0 Å². The summed E-state index contributed by atoms with van der Waals surface area (Å²) in [6.45, 7) is 7.43. The van der Waals surface area contributed by atoms with Gasteiger partial charge in [0, 0.05) is 33.8 Å². The SMILES string of the molecule is CCNC(=NCc1ccc(COCC)cc1)NCC1(C(=O)N(C)C)CCCC1. The molecule has 0 unspecified atom stereocenters. The standard InChI is InChI=1S/C22H36N4O2/c1-5-23-21(24-15-18-9-11-19(12-10-18)16-28-6-2)25-17-22(13-7-8-14-22)20(27)26(3)4/h9-12H,5-8,13-17H2,1-4H3,(H2,23,24,25). The second-order valence-electron chi connectivity index (χ2n) is 7.69. The first kappa shape index (κ1) is 22.2. The first-order valence-corrected chi connectivity index (χ1v) is 10.4. The molecule has 1 amide bonds. The molecule has 1 saturated carbocycles. The largest absolute Gasteiger partial charge is 0.377 e. The maximum absolute atomic E-state index is 12.7. The van der Waals surface area contributed by atoms with E-state index < -0.39 is 0 Å². The van der Waals surface area contributed by atoms with E-state index in [1.165, 1.54) is 5.56 Å². The van der Waals surface area contributed by atoms with Crippen LogP contribution >= 0.6 is 0 Å². The van der Waals surface area contributed by atoms with Crippen LogP contribution in [0.1, 0.15) is 50.7 Å². The van der Waals surface area contributed by atoms with E-state index in [1.807, 2.05) is 21.0 Å². The van der Waals surface area contributed by atoms with Crippen LogP contribution < -0.4 is 10.6 Å². The fourth-order valence-corrected chi connectivity index (χ4v) is 3.72. The minimum absolute atomic E-state index is 0.221. The number of rotatable bonds is 9. The van der Waals surface area contributed by atoms with Crippen LogP contribution in [0, 0.1) is 5.41 Å². The van der Waals surface area contributed by atoms with Crippen molar-refractivity contribution in [3.05, 3.63) is 35.4 Å². The molecule has 0 atom stereocenters. The molecule has 156 valence electrons. The van der Waals surface area contributed by atoms with Crippen molar-refractivity contribution in [1.82, 2.24) is 15.5 Å². The summed E-state index contributed by atoms with van der Waals surface area (Å²) in [6, 6.07) is 8.36. The zero-order chi connectivity index (χ0) is 20.4. The smallest absolute Gasteiger partial charge is 0.230 e. The first-order valence-electron chi connectivity index (χ1n) is 10.4. The van der Waals surface area contributed by atoms with Gasteiger partial charge in [0.05, 0.1) is 18.6 Å². The van der Waals surface area contributed by atoms with Crippen molar-refractivity contribution in [1.29, 1.82) is 0 Å². The van der Waals surface area contributed by atoms with Crippen molar-refractivity contribution >= 4 is 11.9 Å². The van der Waals surface area contributed by atoms with Crippen molar-refractivity contribution in [2.75, 3.05) is 33.8 Å². The Hall–Kier alpha value is -2.08. The molecule has 1 aromatic rings. The summed E-state index contributed by atoms with van der Waals surface area (Å²) in [7, 11) is 3.69. The fourth-order valence-electron chi connectivity index (χ4n) is 3.72. The number of ether oxygens (including phenoxy) is 1. The van der Waals surface area contributed by atoms with Crippen LogP contribution in [-0.4, -0.2) is 50.6 Å². The van der Waals surface area contributed by atoms with Gasteiger partial charge in [-0.3, -0.25) is 4.79 Å². The Kier molecular flexibility index (Phi) is 8.77. The summed E-state index contributed by atoms with van der Waals surface area (Å²) in [4.78, 5) is 19.2. The van der Waals surface area contributed by atoms with Gasteiger partial charge < -0.3 is 20.3 Å². The number of nitrogens with zero attached hydrogens (tertiary/aromatic N) is 2. The molecule has 6 heteroatoms. The molecule has 0 saturated heterocycles. The molecular weight excluding hydrogens is 352 g/mol. The lowest BCUT2D eigenvalue weighted by Gasteiger charge is -2.31. The quantitative estimate of drug-likeness (QED) is 0.504. The van der Waals surface area contributed by atoms with E-state index in [2.05, 4.69) is 41.8 Å². The molecule has 28 heavy (non-hydrogen) atoms. The zero-order valence-electron chi connectivity index (χ0n) is 17.9. The number of benzene rings is 1. The number of guanidine groups is 1. The van der Waals surface area contributed by atoms with E-state index in [0.717, 1.165) is 50.4 Å². The molecule has 0 spiro atoms. The summed E-state index contributed by atoms with van der Waals surface area (Å²) >= 11 is 0. The Labute approximate surface area is 169 Å². The van der Waals surface area contributed by atoms with Crippen LogP contribution in [0.3, 0.4) is 0 Å². The minimum atomic E-state index is -0.305. The third-order valence-electron chi connectivity index (χ3n) is 5.27. The van der Waals surface area contributed by atoms with E-state index in [4.69, 9.17) is 9.73 Å². The van der Waals surface area contributed by atoms with Crippen LogP contribution in [0.5, 0.6) is 0 Å². The number of amides is 1. The molecule has 2 N–H and O–H groups in total. The zero-order valence-corrected chi connectivity index (χ0v) is 17.9. The topological polar surface area (TPSA) is 66.0 Å². The second kappa shape index (κ2) is 11.1. The monoisotopic (exact) mass is 388 g/mol. The molecule has 0 radical (unpaired) electrons. The van der Waals surface area contributed by atoms with Gasteiger partial charge in [0.25, 0.3) is 0 Å². The van der Waals surface area contributed by atoms with Gasteiger partial charge in [-0.1, -0.05) is 37.1 Å². The third-order valence-corrected chi connectivity index (χ3v) is 5.27. The van der Waals surface area contributed by atoms with Crippen LogP contribution in [-0.2, 0) is 22.7 Å². The van der Waals surface area contributed by atoms with Crippen molar-refractivity contribution in [2.24, 2.45) is 10.4 Å². The van der Waals surface area contributed by atoms with Crippen molar-refractivity contribution in [3.63, 3.8) is 0 Å². The molecule has 0 heterocycles. The van der Waals surface area contributed by atoms with Crippen LogP contribution in [0.4, 0.5) is 0 Å². The van der Waals surface area contributed by atoms with E-state index in [1.54, 1.807) is 4.90 Å². The normalized spacial score (nSPS) is 16.1. The number of nitrogens with one attached hydrogen (secondary N) is 2. The summed E-state index contributed by atoms with van der Waals surface area (Å²) in [5.74, 6) is 0.983. The molecular formula is C22H36N4O2. The van der Waals surface area contributed by atoms with Crippen molar-refractivity contribution < 1.29 is 9.53 Å². The average molecular weight is 389 g/mol. The van der Waals surface area contributed by atoms with Crippen LogP contribution in [0.25, 0.3) is 0 Å². The molecule has 1 fully saturated rings. The number of hydrogen-bond donors (Lipinski definition) is 2. The molecule has 0 bridgehead atoms. The average Bonchev–Trinajstić information content (AvgIpc) is 3.18. The molecule has 6 nitrogen and oxygen atoms in total. The number of carbonyl (C=O) groups is 1. The van der Waals surface area contributed by atoms with Crippen LogP contribution in [0.2, 0.25) is 0 Å². The first-order chi connectivity index (χ1) is 13.5. The van der Waals surface area contributed by atoms with Gasteiger partial charge in [-0.05, 0) is 37.8 Å². The lowest BCUT2D eigenvalue weighted by atomic mass is 9.84. The Bertz CT molecular complexity index is 634. The maximum atomic E-state index is 12.7. The van der Waals surface area contributed by atoms with Gasteiger partial charge in [-0.25, -0.2) is 4.99 Å². The van der Waals surface area contributed by atoms with E-state index in [0.29, 0.717) is 19.7 Å². The predicted molar refractivity (Wildman–Crippen MR) is 114 cm³/mol. The highest BCUT2D eigenvalue weighted by molar-refractivity contribution is 5.85. The highest BCUT2D eigenvalue weighted by Crippen LogP contribution is 2.38. The Balaban J connectivity index is 1.98. The molecule has 2 rings (SSSR count). The summed E-state index contributed by atoms with van der Waals surface area (Å²) < 4.78 is 5.44. The lowest BCUT2D eigenvalue weighted by molar-refractivity contribution is -0.138. The fraction of sp³-hybridized carbons (Fsp3) is 0.636. The van der Waals surface area contributed by atoms with Gasteiger partial charge in [-0.15, -0.1) is 0 Å². The van der Waals surface area contributed by atoms with Gasteiger partial charge in [0.15, 0.2) is 5.96 Å². The molecule has 0 aliphatic heterocycles. The van der Waals surface area contributed by atoms with E-state index in [9.17, 15) is 4.79 Å². The summed E-state index contributed by atoms with van der Waals surface area (Å²) in [6.07, 6.45) is 4.11. The van der Waals surface area contributed by atoms with Gasteiger partial charge in [0.2, 0.25) is 5.91 Å². The van der Waals surface area contributed by atoms with E-state index in [-0.39, 0.29) is 11.3 Å². The summed E-state index contributed by atoms with van der Waals surface area (Å²) in [5, 5.41) is 6.72. The third kappa shape index (κ3) is 6.23. The Morgan fingerprint density at radius 3 is 2.32 bits per heavy atom.